The lowest BCUT2D eigenvalue weighted by atomic mass is 9.96. The predicted molar refractivity (Wildman–Crippen MR) is 275 cm³/mol. The third-order valence-electron chi connectivity index (χ3n) is 14.4. The lowest BCUT2D eigenvalue weighted by molar-refractivity contribution is 0.0356. The van der Waals surface area contributed by atoms with Gasteiger partial charge in [-0.1, -0.05) is 84.5 Å². The van der Waals surface area contributed by atoms with Gasteiger partial charge in [0.1, 0.15) is 11.6 Å². The molecule has 2 aromatic carbocycles. The minimum atomic E-state index is 0.0331. The zero-order chi connectivity index (χ0) is 46.9. The third kappa shape index (κ3) is 12.4. The molecular formula is C50H70Cl4N10O2. The van der Waals surface area contributed by atoms with Gasteiger partial charge in [0.15, 0.2) is 0 Å². The van der Waals surface area contributed by atoms with Crippen molar-refractivity contribution in [3.8, 4) is 0 Å². The van der Waals surface area contributed by atoms with Crippen LogP contribution in [0.4, 0.5) is 23.0 Å². The van der Waals surface area contributed by atoms with Gasteiger partial charge < -0.3 is 30.6 Å². The molecule has 16 heteroatoms. The fraction of sp³-hybridized carbons (Fsp3) is 0.560. The van der Waals surface area contributed by atoms with Crippen molar-refractivity contribution in [3.05, 3.63) is 104 Å². The highest BCUT2D eigenvalue weighted by Gasteiger charge is 2.37. The molecule has 66 heavy (non-hydrogen) atoms. The first kappa shape index (κ1) is 50.7. The van der Waals surface area contributed by atoms with Gasteiger partial charge in [0.2, 0.25) is 0 Å². The Labute approximate surface area is 413 Å². The predicted octanol–water partition coefficient (Wildman–Crippen LogP) is 8.62. The van der Waals surface area contributed by atoms with Crippen LogP contribution in [-0.2, 0) is 0 Å². The van der Waals surface area contributed by atoms with Crippen LogP contribution in [0.15, 0.2) is 73.1 Å². The van der Waals surface area contributed by atoms with E-state index in [0.29, 0.717) is 34.9 Å². The highest BCUT2D eigenvalue weighted by molar-refractivity contribution is 6.33. The summed E-state index contributed by atoms with van der Waals surface area (Å²) >= 11 is 25.1. The molecule has 2 aromatic heterocycles. The maximum Gasteiger partial charge on any atom is 0.147 e. The zero-order valence-electron chi connectivity index (χ0n) is 39.1. The third-order valence-corrected chi connectivity index (χ3v) is 15.5. The summed E-state index contributed by atoms with van der Waals surface area (Å²) in [5, 5.41) is 23.0. The molecule has 4 aromatic rings. The van der Waals surface area contributed by atoms with Crippen molar-refractivity contribution in [3.63, 3.8) is 0 Å². The van der Waals surface area contributed by atoms with E-state index in [-0.39, 0.29) is 25.3 Å². The minimum absolute atomic E-state index is 0.0331. The van der Waals surface area contributed by atoms with Crippen LogP contribution in [0.5, 0.6) is 0 Å². The molecule has 4 N–H and O–H groups in total. The van der Waals surface area contributed by atoms with Crippen molar-refractivity contribution in [1.82, 2.24) is 29.6 Å². The summed E-state index contributed by atoms with van der Waals surface area (Å²) in [6.45, 7) is 14.5. The molecule has 0 bridgehead atoms. The molecule has 0 radical (unpaired) electrons. The summed E-state index contributed by atoms with van der Waals surface area (Å²) in [6, 6.07) is 21.7. The number of aliphatic hydroxyl groups is 2. The summed E-state index contributed by atoms with van der Waals surface area (Å²) < 4.78 is 0. The first-order valence-electron chi connectivity index (χ1n) is 23.9. The number of pyridine rings is 2. The molecule has 360 valence electrons. The second-order valence-corrected chi connectivity index (χ2v) is 20.2. The zero-order valence-corrected chi connectivity index (χ0v) is 42.2. The number of piperidine rings is 2. The number of nitrogens with zero attached hydrogens (tertiary/aromatic N) is 9. The van der Waals surface area contributed by atoms with Gasteiger partial charge in [-0.2, -0.15) is 0 Å². The highest BCUT2D eigenvalue weighted by Crippen LogP contribution is 2.35. The molecule has 4 atom stereocenters. The fourth-order valence-electron chi connectivity index (χ4n) is 10.7. The number of halogens is 4. The summed E-state index contributed by atoms with van der Waals surface area (Å²) in [5.74, 6) is 1.73. The Balaban J connectivity index is 0.000000197. The van der Waals surface area contributed by atoms with Gasteiger partial charge >= 0.3 is 0 Å². The molecule has 0 amide bonds. The SMILES string of the molecule is CC[C@H]1CN(c2ncc(N(C)C)cc2Cl)CCN1C1CCN([C@H](CO)c2ccc(Cl)cc2)CC1.CC[C@H]1CN(c2ncc(N)cc2Cl)CCN1C1CCN([C@H](CO)c2ccc(Cl)cc2)CC1. The van der Waals surface area contributed by atoms with Crippen molar-refractivity contribution in [2.24, 2.45) is 0 Å². The van der Waals surface area contributed by atoms with E-state index in [1.54, 1.807) is 12.3 Å². The van der Waals surface area contributed by atoms with Gasteiger partial charge in [0.05, 0.1) is 59.1 Å². The Hall–Kier alpha value is -3.14. The number of aliphatic hydroxyl groups excluding tert-OH is 2. The summed E-state index contributed by atoms with van der Waals surface area (Å²) in [5.41, 5.74) is 9.69. The molecule has 12 nitrogen and oxygen atoms in total. The number of nitrogens with two attached hydrogens (primary N) is 1. The van der Waals surface area contributed by atoms with Crippen LogP contribution in [0.2, 0.25) is 20.1 Å². The summed E-state index contributed by atoms with van der Waals surface area (Å²) in [4.78, 5) is 26.1. The largest absolute Gasteiger partial charge is 0.397 e. The van der Waals surface area contributed by atoms with Crippen LogP contribution in [0.1, 0.15) is 75.6 Å². The molecule has 0 spiro atoms. The standard InChI is InChI=1S/C26H37Cl2N5O.C24H33Cl2N5O/c1-4-21-17-32(26-24(28)15-23(16-29-26)30(2)3)13-14-33(21)22-9-11-31(12-10-22)25(18-34)19-5-7-20(27)8-6-19;1-2-20-15-30(24-22(26)13-19(27)14-28-24)11-12-31(20)21-7-9-29(10-8-21)23(16-32)17-3-5-18(25)6-4-17/h5-8,15-16,21-22,25,34H,4,9-14,17-18H2,1-3H3;3-6,13-14,20-21,23,32H,2,7-12,15-16,27H2,1H3/t21-,25+;20-,23+/m00/s1. The monoisotopic (exact) mass is 982 g/mol. The van der Waals surface area contributed by atoms with Gasteiger partial charge in [0.25, 0.3) is 0 Å². The number of benzene rings is 2. The van der Waals surface area contributed by atoms with Gasteiger partial charge in [0, 0.05) is 114 Å². The number of likely N-dealkylation sites (tertiary alicyclic amines) is 2. The summed E-state index contributed by atoms with van der Waals surface area (Å²) in [7, 11) is 4.00. The van der Waals surface area contributed by atoms with Gasteiger partial charge in [-0.25, -0.2) is 9.97 Å². The number of hydrogen-bond acceptors (Lipinski definition) is 12. The number of piperazine rings is 2. The molecule has 0 saturated carbocycles. The van der Waals surface area contributed by atoms with Gasteiger partial charge in [-0.05, 0) is 86.1 Å². The molecule has 4 aliphatic rings. The average Bonchev–Trinajstić information content (AvgIpc) is 3.33. The maximum absolute atomic E-state index is 10.1. The van der Waals surface area contributed by atoms with Crippen molar-refractivity contribution in [2.75, 3.05) is 113 Å². The lowest BCUT2D eigenvalue weighted by Gasteiger charge is -2.48. The van der Waals surface area contributed by atoms with Crippen molar-refractivity contribution < 1.29 is 10.2 Å². The number of anilines is 4. The van der Waals surface area contributed by atoms with E-state index >= 15 is 0 Å². The lowest BCUT2D eigenvalue weighted by Crippen LogP contribution is -2.58. The van der Waals surface area contributed by atoms with E-state index in [2.05, 4.69) is 48.2 Å². The van der Waals surface area contributed by atoms with Crippen molar-refractivity contribution in [1.29, 1.82) is 0 Å². The average molecular weight is 985 g/mol. The molecule has 4 saturated heterocycles. The number of aromatic nitrogens is 2. The topological polar surface area (TPSA) is 115 Å². The van der Waals surface area contributed by atoms with Crippen LogP contribution in [0.25, 0.3) is 0 Å². The van der Waals surface area contributed by atoms with Crippen LogP contribution in [0.3, 0.4) is 0 Å². The Kier molecular flexibility index (Phi) is 18.4. The number of nitrogen functional groups attached to an aromatic ring is 1. The molecule has 4 aliphatic heterocycles. The van der Waals surface area contributed by atoms with Gasteiger partial charge in [-0.15, -0.1) is 0 Å². The van der Waals surface area contributed by atoms with Crippen LogP contribution < -0.4 is 20.4 Å². The smallest absolute Gasteiger partial charge is 0.147 e. The molecular weight excluding hydrogens is 914 g/mol. The van der Waals surface area contributed by atoms with E-state index in [1.165, 1.54) is 0 Å². The molecule has 0 aliphatic carbocycles. The Morgan fingerprint density at radius 2 is 1.02 bits per heavy atom. The Morgan fingerprint density at radius 1 is 0.606 bits per heavy atom. The first-order chi connectivity index (χ1) is 31.9. The Bertz CT molecular complexity index is 2120. The van der Waals surface area contributed by atoms with Gasteiger partial charge in [-0.3, -0.25) is 19.6 Å². The number of rotatable bonds is 13. The maximum atomic E-state index is 10.1. The quantitative estimate of drug-likeness (QED) is 0.119. The second kappa shape index (κ2) is 23.9. The van der Waals surface area contributed by atoms with Crippen LogP contribution in [-0.4, -0.2) is 157 Å². The normalized spacial score (nSPS) is 21.9. The summed E-state index contributed by atoms with van der Waals surface area (Å²) in [6.07, 6.45) is 10.3. The fourth-order valence-corrected chi connectivity index (χ4v) is 11.5. The van der Waals surface area contributed by atoms with E-state index in [0.717, 1.165) is 147 Å². The van der Waals surface area contributed by atoms with Crippen molar-refractivity contribution >= 4 is 69.4 Å². The van der Waals surface area contributed by atoms with E-state index in [4.69, 9.17) is 57.1 Å². The first-order valence-corrected chi connectivity index (χ1v) is 25.4. The van der Waals surface area contributed by atoms with E-state index < -0.39 is 0 Å². The molecule has 8 rings (SSSR count). The minimum Gasteiger partial charge on any atom is -0.397 e. The van der Waals surface area contributed by atoms with E-state index in [9.17, 15) is 10.2 Å². The highest BCUT2D eigenvalue weighted by atomic mass is 35.5. The second-order valence-electron chi connectivity index (χ2n) is 18.5. The van der Waals surface area contributed by atoms with Crippen LogP contribution >= 0.6 is 46.4 Å². The van der Waals surface area contributed by atoms with Crippen LogP contribution in [0, 0.1) is 0 Å². The molecule has 0 unspecified atom stereocenters. The number of hydrogen-bond donors (Lipinski definition) is 3. The van der Waals surface area contributed by atoms with E-state index in [1.807, 2.05) is 79.8 Å². The molecule has 4 fully saturated rings. The molecule has 6 heterocycles. The van der Waals surface area contributed by atoms with Crippen molar-refractivity contribution in [2.45, 2.75) is 88.6 Å². The Morgan fingerprint density at radius 3 is 1.38 bits per heavy atom.